The van der Waals surface area contributed by atoms with Crippen molar-refractivity contribution in [2.24, 2.45) is 0 Å². The van der Waals surface area contributed by atoms with Crippen molar-refractivity contribution in [1.82, 2.24) is 19.4 Å². The summed E-state index contributed by atoms with van der Waals surface area (Å²) in [6.07, 6.45) is 3.15. The molecule has 5 aromatic rings. The van der Waals surface area contributed by atoms with E-state index in [-0.39, 0.29) is 11.7 Å². The van der Waals surface area contributed by atoms with E-state index >= 15 is 0 Å². The quantitative estimate of drug-likeness (QED) is 0.251. The lowest BCUT2D eigenvalue weighted by Gasteiger charge is -2.32. The van der Waals surface area contributed by atoms with Gasteiger partial charge in [0, 0.05) is 29.7 Å². The van der Waals surface area contributed by atoms with E-state index in [4.69, 9.17) is 23.9 Å². The molecule has 1 atom stereocenters. The van der Waals surface area contributed by atoms with E-state index < -0.39 is 5.97 Å². The Kier molecular flexibility index (Phi) is 6.90. The Bertz CT molecular complexity index is 1660. The molecule has 1 unspecified atom stereocenters. The molecule has 0 saturated carbocycles. The molecule has 9 nitrogen and oxygen atoms in total. The van der Waals surface area contributed by atoms with Crippen LogP contribution in [-0.4, -0.2) is 56.3 Å². The summed E-state index contributed by atoms with van der Waals surface area (Å²) in [5.74, 6) is 1.77. The molecule has 210 valence electrons. The maximum Gasteiger partial charge on any atom is 0.335 e. The molecular formula is C32H32N4O5. The third kappa shape index (κ3) is 5.42. The molecule has 2 aliphatic rings. The Morgan fingerprint density at radius 1 is 1.00 bits per heavy atom. The van der Waals surface area contributed by atoms with Gasteiger partial charge in [-0.15, -0.1) is 0 Å². The van der Waals surface area contributed by atoms with Crippen LogP contribution in [0.1, 0.15) is 52.8 Å². The Morgan fingerprint density at radius 3 is 2.63 bits per heavy atom. The summed E-state index contributed by atoms with van der Waals surface area (Å²) in [5, 5.41) is 10.6. The van der Waals surface area contributed by atoms with Crippen LogP contribution in [0.5, 0.6) is 5.88 Å². The summed E-state index contributed by atoms with van der Waals surface area (Å²) in [4.78, 5) is 23.8. The van der Waals surface area contributed by atoms with Crippen molar-refractivity contribution < 1.29 is 23.8 Å². The second-order valence-electron chi connectivity index (χ2n) is 10.9. The Hall–Kier alpha value is -4.21. The number of ether oxygens (including phenoxy) is 2. The van der Waals surface area contributed by atoms with Gasteiger partial charge in [0.05, 0.1) is 35.8 Å². The predicted molar refractivity (Wildman–Crippen MR) is 153 cm³/mol. The molecule has 7 rings (SSSR count). The highest BCUT2D eigenvalue weighted by Gasteiger charge is 2.26. The number of piperidine rings is 1. The van der Waals surface area contributed by atoms with Gasteiger partial charge in [0.25, 0.3) is 0 Å². The number of imidazole rings is 1. The van der Waals surface area contributed by atoms with Crippen LogP contribution in [0.3, 0.4) is 0 Å². The molecule has 2 aliphatic heterocycles. The normalized spacial score (nSPS) is 18.1. The van der Waals surface area contributed by atoms with Crippen molar-refractivity contribution in [2.75, 3.05) is 19.7 Å². The first-order chi connectivity index (χ1) is 20.1. The standard InChI is InChI=1S/C32H32N4O5/c37-32(38)23-8-9-27-28(17-23)36(18-24-12-15-39-24)30(33-27)19-35-13-10-21(11-14-35)26-5-3-7-31(34-26)40-20-25-16-22-4-1-2-6-29(22)41-25/h1-9,16-17,21,24H,10-15,18-20H2,(H,37,38). The van der Waals surface area contributed by atoms with Crippen LogP contribution in [0, 0.1) is 0 Å². The van der Waals surface area contributed by atoms with Crippen molar-refractivity contribution in [3.8, 4) is 5.88 Å². The average Bonchev–Trinajstić information content (AvgIpc) is 3.54. The third-order valence-electron chi connectivity index (χ3n) is 8.21. The van der Waals surface area contributed by atoms with Gasteiger partial charge < -0.3 is 23.6 Å². The van der Waals surface area contributed by atoms with Crippen LogP contribution < -0.4 is 4.74 Å². The number of carbonyl (C=O) groups is 1. The number of hydrogen-bond donors (Lipinski definition) is 1. The van der Waals surface area contributed by atoms with Crippen LogP contribution in [0.4, 0.5) is 0 Å². The fourth-order valence-corrected chi connectivity index (χ4v) is 5.84. The van der Waals surface area contributed by atoms with Gasteiger partial charge in [0.1, 0.15) is 23.8 Å². The summed E-state index contributed by atoms with van der Waals surface area (Å²) in [5.41, 5.74) is 3.87. The minimum atomic E-state index is -0.930. The lowest BCUT2D eigenvalue weighted by molar-refractivity contribution is -0.0592. The first-order valence-electron chi connectivity index (χ1n) is 14.2. The molecule has 0 spiro atoms. The molecule has 5 heterocycles. The number of aromatic nitrogens is 3. The summed E-state index contributed by atoms with van der Waals surface area (Å²) in [6, 6.07) is 21.1. The van der Waals surface area contributed by atoms with Gasteiger partial charge in [-0.25, -0.2) is 14.8 Å². The number of hydrogen-bond acceptors (Lipinski definition) is 7. The molecule has 2 fully saturated rings. The van der Waals surface area contributed by atoms with Crippen LogP contribution in [0.25, 0.3) is 22.0 Å². The minimum Gasteiger partial charge on any atom is -0.478 e. The summed E-state index contributed by atoms with van der Waals surface area (Å²) in [7, 11) is 0. The number of benzene rings is 2. The second-order valence-corrected chi connectivity index (χ2v) is 10.9. The molecule has 3 aromatic heterocycles. The number of fused-ring (bicyclic) bond motifs is 2. The fourth-order valence-electron chi connectivity index (χ4n) is 5.84. The Morgan fingerprint density at radius 2 is 1.85 bits per heavy atom. The minimum absolute atomic E-state index is 0.151. The number of carboxylic acid groups (broad SMARTS) is 1. The summed E-state index contributed by atoms with van der Waals surface area (Å²) >= 11 is 0. The molecule has 1 N–H and O–H groups in total. The molecule has 0 radical (unpaired) electrons. The highest BCUT2D eigenvalue weighted by molar-refractivity contribution is 5.92. The molecule has 0 aliphatic carbocycles. The lowest BCUT2D eigenvalue weighted by Crippen LogP contribution is -2.35. The van der Waals surface area contributed by atoms with E-state index in [1.54, 1.807) is 12.1 Å². The largest absolute Gasteiger partial charge is 0.478 e. The van der Waals surface area contributed by atoms with Crippen molar-refractivity contribution >= 4 is 28.0 Å². The Balaban J connectivity index is 1.00. The van der Waals surface area contributed by atoms with Crippen molar-refractivity contribution in [2.45, 2.75) is 51.0 Å². The maximum absolute atomic E-state index is 11.6. The van der Waals surface area contributed by atoms with Crippen molar-refractivity contribution in [3.05, 3.63) is 89.6 Å². The number of aromatic carboxylic acids is 1. The SMILES string of the molecule is O=C(O)c1ccc2nc(CN3CCC(c4cccc(OCc5cc6ccccc6o5)n4)CC3)n(CC3CCO3)c2c1. The lowest BCUT2D eigenvalue weighted by atomic mass is 9.93. The van der Waals surface area contributed by atoms with Crippen LogP contribution in [0.15, 0.2) is 71.1 Å². The van der Waals surface area contributed by atoms with Gasteiger partial charge in [-0.2, -0.15) is 0 Å². The number of pyridine rings is 1. The van der Waals surface area contributed by atoms with E-state index in [9.17, 15) is 9.90 Å². The van der Waals surface area contributed by atoms with Gasteiger partial charge in [0.15, 0.2) is 0 Å². The highest BCUT2D eigenvalue weighted by Crippen LogP contribution is 2.30. The second kappa shape index (κ2) is 11.0. The van der Waals surface area contributed by atoms with E-state index in [1.807, 2.05) is 48.5 Å². The first kappa shape index (κ1) is 25.7. The van der Waals surface area contributed by atoms with Gasteiger partial charge >= 0.3 is 5.97 Å². The van der Waals surface area contributed by atoms with Crippen LogP contribution in [-0.2, 0) is 24.4 Å². The smallest absolute Gasteiger partial charge is 0.335 e. The topological polar surface area (TPSA) is 103 Å². The first-order valence-corrected chi connectivity index (χ1v) is 14.2. The number of likely N-dealkylation sites (tertiary alicyclic amines) is 1. The van der Waals surface area contributed by atoms with Crippen molar-refractivity contribution in [3.63, 3.8) is 0 Å². The number of carboxylic acids is 1. The zero-order valence-corrected chi connectivity index (χ0v) is 22.7. The molecule has 41 heavy (non-hydrogen) atoms. The van der Waals surface area contributed by atoms with E-state index in [1.165, 1.54) is 0 Å². The predicted octanol–water partition coefficient (Wildman–Crippen LogP) is 5.62. The summed E-state index contributed by atoms with van der Waals surface area (Å²) in [6.45, 7) is 4.38. The number of para-hydroxylation sites is 1. The maximum atomic E-state index is 11.6. The average molecular weight is 553 g/mol. The molecule has 9 heteroatoms. The number of furan rings is 1. The van der Waals surface area contributed by atoms with Crippen molar-refractivity contribution in [1.29, 1.82) is 0 Å². The van der Waals surface area contributed by atoms with Gasteiger partial charge in [0.2, 0.25) is 5.88 Å². The monoisotopic (exact) mass is 552 g/mol. The van der Waals surface area contributed by atoms with E-state index in [0.29, 0.717) is 31.5 Å². The van der Waals surface area contributed by atoms with E-state index in [0.717, 1.165) is 78.2 Å². The van der Waals surface area contributed by atoms with Gasteiger partial charge in [-0.05, 0) is 68.8 Å². The molecular weight excluding hydrogens is 520 g/mol. The molecule has 0 bridgehead atoms. The molecule has 2 saturated heterocycles. The zero-order chi connectivity index (χ0) is 27.8. The van der Waals surface area contributed by atoms with E-state index in [2.05, 4.69) is 15.5 Å². The molecule has 2 aromatic carbocycles. The number of nitrogens with zero attached hydrogens (tertiary/aromatic N) is 4. The highest BCUT2D eigenvalue weighted by atomic mass is 16.5. The Labute approximate surface area is 237 Å². The number of rotatable bonds is 9. The van der Waals surface area contributed by atoms with Crippen LogP contribution >= 0.6 is 0 Å². The third-order valence-corrected chi connectivity index (χ3v) is 8.21. The fraction of sp³-hybridized carbons (Fsp3) is 0.344. The van der Waals surface area contributed by atoms with Gasteiger partial charge in [-0.3, -0.25) is 4.90 Å². The molecule has 0 amide bonds. The summed E-state index contributed by atoms with van der Waals surface area (Å²) < 4.78 is 19.7. The zero-order valence-electron chi connectivity index (χ0n) is 22.7. The van der Waals surface area contributed by atoms with Crippen LogP contribution in [0.2, 0.25) is 0 Å². The van der Waals surface area contributed by atoms with Gasteiger partial charge in [-0.1, -0.05) is 24.3 Å².